The van der Waals surface area contributed by atoms with Crippen LogP contribution in [0, 0.1) is 0 Å². The summed E-state index contributed by atoms with van der Waals surface area (Å²) in [4.78, 5) is 32.5. The van der Waals surface area contributed by atoms with Crippen LogP contribution in [0.1, 0.15) is 50.4 Å². The second-order valence-electron chi connectivity index (χ2n) is 10.4. The maximum Gasteiger partial charge on any atom is 0.338 e. The van der Waals surface area contributed by atoms with Crippen molar-refractivity contribution < 1.29 is 23.7 Å². The van der Waals surface area contributed by atoms with Crippen LogP contribution in [0.3, 0.4) is 0 Å². The number of benzene rings is 3. The van der Waals surface area contributed by atoms with Crippen molar-refractivity contribution in [1.29, 1.82) is 0 Å². The highest BCUT2D eigenvalue weighted by molar-refractivity contribution is 7.07. The molecule has 0 N–H and O–H groups in total. The first kappa shape index (κ1) is 32.3. The minimum atomic E-state index is -0.809. The van der Waals surface area contributed by atoms with Crippen molar-refractivity contribution in [3.05, 3.63) is 118 Å². The van der Waals surface area contributed by atoms with Crippen LogP contribution in [0.2, 0.25) is 10.0 Å². The lowest BCUT2D eigenvalue weighted by atomic mass is 9.95. The van der Waals surface area contributed by atoms with Crippen molar-refractivity contribution in [3.8, 4) is 17.2 Å². The van der Waals surface area contributed by atoms with Crippen LogP contribution in [-0.4, -0.2) is 30.4 Å². The minimum absolute atomic E-state index is 0.130. The van der Waals surface area contributed by atoms with E-state index >= 15 is 0 Å². The Morgan fingerprint density at radius 2 is 1.80 bits per heavy atom. The lowest BCUT2D eigenvalue weighted by molar-refractivity contribution is -0.139. The molecule has 45 heavy (non-hydrogen) atoms. The Labute approximate surface area is 274 Å². The average molecular weight is 668 g/mol. The first-order valence-corrected chi connectivity index (χ1v) is 15.9. The zero-order valence-corrected chi connectivity index (χ0v) is 27.8. The van der Waals surface area contributed by atoms with E-state index in [0.29, 0.717) is 53.5 Å². The lowest BCUT2D eigenvalue weighted by Crippen LogP contribution is -2.40. The van der Waals surface area contributed by atoms with E-state index in [-0.39, 0.29) is 30.5 Å². The highest BCUT2D eigenvalue weighted by atomic mass is 35.5. The Bertz CT molecular complexity index is 1960. The molecule has 11 heteroatoms. The number of rotatable bonds is 10. The van der Waals surface area contributed by atoms with Gasteiger partial charge in [0.25, 0.3) is 5.56 Å². The maximum absolute atomic E-state index is 14.1. The molecule has 0 bridgehead atoms. The van der Waals surface area contributed by atoms with Crippen molar-refractivity contribution in [2.45, 2.75) is 46.4 Å². The molecule has 0 unspecified atom stereocenters. The molecule has 1 atom stereocenters. The number of nitrogens with zero attached hydrogens (tertiary/aromatic N) is 2. The molecule has 1 aliphatic heterocycles. The summed E-state index contributed by atoms with van der Waals surface area (Å²) in [6.45, 7) is 7.69. The van der Waals surface area contributed by atoms with Gasteiger partial charge in [-0.25, -0.2) is 9.79 Å². The molecular formula is C34H32Cl2N2O6S. The summed E-state index contributed by atoms with van der Waals surface area (Å²) in [5, 5.41) is 0.885. The maximum atomic E-state index is 14.1. The number of esters is 1. The fourth-order valence-electron chi connectivity index (χ4n) is 5.03. The van der Waals surface area contributed by atoms with Crippen LogP contribution in [0.25, 0.3) is 6.08 Å². The minimum Gasteiger partial charge on any atom is -0.493 e. The van der Waals surface area contributed by atoms with Crippen LogP contribution in [0.5, 0.6) is 17.2 Å². The largest absolute Gasteiger partial charge is 0.493 e. The van der Waals surface area contributed by atoms with Crippen LogP contribution >= 0.6 is 34.5 Å². The van der Waals surface area contributed by atoms with Crippen molar-refractivity contribution in [1.82, 2.24) is 4.57 Å². The van der Waals surface area contributed by atoms with E-state index in [9.17, 15) is 9.59 Å². The molecule has 8 nitrogen and oxygen atoms in total. The first-order valence-electron chi connectivity index (χ1n) is 14.3. The van der Waals surface area contributed by atoms with Gasteiger partial charge in [0.2, 0.25) is 0 Å². The molecule has 1 aromatic heterocycles. The van der Waals surface area contributed by atoms with Gasteiger partial charge in [-0.1, -0.05) is 70.9 Å². The molecule has 0 saturated carbocycles. The van der Waals surface area contributed by atoms with Crippen molar-refractivity contribution in [2.75, 3.05) is 13.7 Å². The lowest BCUT2D eigenvalue weighted by Gasteiger charge is -2.26. The van der Waals surface area contributed by atoms with E-state index in [1.54, 1.807) is 38.1 Å². The van der Waals surface area contributed by atoms with Crippen LogP contribution in [0.15, 0.2) is 81.7 Å². The van der Waals surface area contributed by atoms with E-state index in [4.69, 9.17) is 42.1 Å². The zero-order valence-electron chi connectivity index (χ0n) is 25.4. The van der Waals surface area contributed by atoms with Gasteiger partial charge >= 0.3 is 5.97 Å². The summed E-state index contributed by atoms with van der Waals surface area (Å²) in [5.74, 6) is 0.773. The number of methoxy groups -OCH3 is 1. The predicted molar refractivity (Wildman–Crippen MR) is 176 cm³/mol. The molecule has 0 radical (unpaired) electrons. The van der Waals surface area contributed by atoms with Gasteiger partial charge in [-0.15, -0.1) is 0 Å². The highest BCUT2D eigenvalue weighted by Gasteiger charge is 2.35. The standard InChI is InChI=1S/C34H32Cl2N2O6S/c1-6-42-33(40)29-20(4)37-34-38(30(29)23-12-8-10-14-26(23)44-19(2)3)32(39)28(45-34)17-21-15-25(36)31(27(16-21)41-5)43-18-22-11-7-9-13-24(22)35/h7-17,19,30H,6,18H2,1-5H3/b28-17+/t30-/m1/s1. The van der Waals surface area contributed by atoms with Gasteiger partial charge in [-0.05, 0) is 63.6 Å². The molecule has 0 aliphatic carbocycles. The number of thiazole rings is 1. The van der Waals surface area contributed by atoms with E-state index < -0.39 is 12.0 Å². The van der Waals surface area contributed by atoms with Gasteiger partial charge in [-0.3, -0.25) is 9.36 Å². The number of para-hydroxylation sites is 1. The smallest absolute Gasteiger partial charge is 0.338 e. The number of halogens is 2. The molecule has 234 valence electrons. The van der Waals surface area contributed by atoms with E-state index in [1.165, 1.54) is 23.0 Å². The van der Waals surface area contributed by atoms with Gasteiger partial charge < -0.3 is 18.9 Å². The summed E-state index contributed by atoms with van der Waals surface area (Å²) < 4.78 is 25.0. The summed E-state index contributed by atoms with van der Waals surface area (Å²) in [5.41, 5.74) is 2.49. The molecule has 4 aromatic rings. The topological polar surface area (TPSA) is 88.4 Å². The van der Waals surface area contributed by atoms with Gasteiger partial charge in [0.1, 0.15) is 18.4 Å². The molecule has 5 rings (SSSR count). The predicted octanol–water partition coefficient (Wildman–Crippen LogP) is 6.48. The first-order chi connectivity index (χ1) is 21.6. The fraction of sp³-hybridized carbons (Fsp3) is 0.265. The number of carbonyl (C=O) groups is 1. The van der Waals surface area contributed by atoms with Crippen LogP contribution < -0.4 is 29.1 Å². The number of carbonyl (C=O) groups excluding carboxylic acids is 1. The van der Waals surface area contributed by atoms with Crippen LogP contribution in [-0.2, 0) is 16.1 Å². The molecule has 1 aliphatic rings. The van der Waals surface area contributed by atoms with E-state index in [2.05, 4.69) is 4.99 Å². The van der Waals surface area contributed by atoms with Crippen molar-refractivity contribution >= 4 is 46.6 Å². The SMILES string of the molecule is CCOC(=O)C1=C(C)N=c2s/c(=C/c3cc(Cl)c(OCc4ccccc4Cl)c(OC)c3)c(=O)n2[C@@H]1c1ccccc1OC(C)C. The van der Waals surface area contributed by atoms with E-state index in [1.807, 2.05) is 56.3 Å². The van der Waals surface area contributed by atoms with Crippen LogP contribution in [0.4, 0.5) is 0 Å². The quantitative estimate of drug-likeness (QED) is 0.180. The Morgan fingerprint density at radius 3 is 2.51 bits per heavy atom. The Morgan fingerprint density at radius 1 is 1.07 bits per heavy atom. The number of hydrogen-bond donors (Lipinski definition) is 0. The Balaban J connectivity index is 1.61. The number of ether oxygens (including phenoxy) is 4. The summed E-state index contributed by atoms with van der Waals surface area (Å²) in [6, 6.07) is 17.4. The molecule has 0 fully saturated rings. The van der Waals surface area contributed by atoms with Gasteiger partial charge in [0, 0.05) is 16.1 Å². The second-order valence-corrected chi connectivity index (χ2v) is 12.2. The summed E-state index contributed by atoms with van der Waals surface area (Å²) >= 11 is 14.2. The average Bonchev–Trinajstić information content (AvgIpc) is 3.30. The summed E-state index contributed by atoms with van der Waals surface area (Å²) in [6.07, 6.45) is 1.59. The highest BCUT2D eigenvalue weighted by Crippen LogP contribution is 2.38. The summed E-state index contributed by atoms with van der Waals surface area (Å²) in [7, 11) is 1.52. The fourth-order valence-corrected chi connectivity index (χ4v) is 6.54. The third kappa shape index (κ3) is 6.81. The molecule has 3 aromatic carbocycles. The van der Waals surface area contributed by atoms with Crippen molar-refractivity contribution in [2.24, 2.45) is 4.99 Å². The number of hydrogen-bond acceptors (Lipinski definition) is 8. The molecule has 0 spiro atoms. The Hall–Kier alpha value is -4.05. The normalized spacial score (nSPS) is 14.7. The number of fused-ring (bicyclic) bond motifs is 1. The second kappa shape index (κ2) is 13.9. The van der Waals surface area contributed by atoms with Crippen molar-refractivity contribution in [3.63, 3.8) is 0 Å². The zero-order chi connectivity index (χ0) is 32.2. The third-order valence-corrected chi connectivity index (χ3v) is 8.61. The van der Waals surface area contributed by atoms with Gasteiger partial charge in [0.15, 0.2) is 16.3 Å². The van der Waals surface area contributed by atoms with E-state index in [0.717, 1.165) is 5.56 Å². The monoisotopic (exact) mass is 666 g/mol. The number of allylic oxidation sites excluding steroid dienone is 1. The molecule has 0 saturated heterocycles. The number of aromatic nitrogens is 1. The molecular weight excluding hydrogens is 635 g/mol. The Kier molecular flexibility index (Phi) is 10.0. The van der Waals surface area contributed by atoms with Gasteiger partial charge in [0.05, 0.1) is 40.6 Å². The third-order valence-electron chi connectivity index (χ3n) is 6.97. The molecule has 0 amide bonds. The van der Waals surface area contributed by atoms with Gasteiger partial charge in [-0.2, -0.15) is 0 Å². The molecule has 2 heterocycles.